The summed E-state index contributed by atoms with van der Waals surface area (Å²) in [5.74, 6) is 1.20. The monoisotopic (exact) mass is 345 g/mol. The fourth-order valence-corrected chi connectivity index (χ4v) is 3.00. The van der Waals surface area contributed by atoms with Crippen molar-refractivity contribution in [3.05, 3.63) is 30.1 Å². The number of rotatable bonds is 6. The van der Waals surface area contributed by atoms with E-state index in [9.17, 15) is 9.59 Å². The Balaban J connectivity index is 1.78. The lowest BCUT2D eigenvalue weighted by atomic mass is 10.1. The lowest BCUT2D eigenvalue weighted by molar-refractivity contribution is -0.121. The van der Waals surface area contributed by atoms with Crippen molar-refractivity contribution in [2.24, 2.45) is 5.10 Å². The van der Waals surface area contributed by atoms with Crippen LogP contribution < -0.4 is 10.7 Å². The number of hydrogen-bond donors (Lipinski definition) is 3. The van der Waals surface area contributed by atoms with Gasteiger partial charge >= 0.3 is 0 Å². The molecule has 1 aromatic heterocycles. The van der Waals surface area contributed by atoms with E-state index in [0.717, 1.165) is 29.0 Å². The van der Waals surface area contributed by atoms with Crippen molar-refractivity contribution in [1.82, 2.24) is 20.7 Å². The Kier molecular flexibility index (Phi) is 5.14. The number of nitrogens with one attached hydrogen (secondary N) is 3. The summed E-state index contributed by atoms with van der Waals surface area (Å²) in [5.41, 5.74) is 4.51. The predicted octanol–water partition coefficient (Wildman–Crippen LogP) is 1.74. The van der Waals surface area contributed by atoms with Crippen LogP contribution in [0.4, 0.5) is 0 Å². The number of H-pyrrole nitrogens is 1. The van der Waals surface area contributed by atoms with Crippen LogP contribution >= 0.6 is 11.8 Å². The Hall–Kier alpha value is -2.35. The molecule has 1 aliphatic heterocycles. The number of aromatic amines is 1. The molecule has 0 bridgehead atoms. The molecule has 0 saturated heterocycles. The average molecular weight is 345 g/mol. The summed E-state index contributed by atoms with van der Waals surface area (Å²) >= 11 is 1.71. The number of carbonyl (C=O) groups is 2. The van der Waals surface area contributed by atoms with Crippen molar-refractivity contribution in [1.29, 1.82) is 0 Å². The van der Waals surface area contributed by atoms with E-state index in [2.05, 4.69) is 25.8 Å². The fraction of sp³-hybridized carbons (Fsp3) is 0.375. The van der Waals surface area contributed by atoms with Crippen LogP contribution in [-0.4, -0.2) is 39.5 Å². The van der Waals surface area contributed by atoms with E-state index < -0.39 is 0 Å². The Morgan fingerprint density at radius 3 is 2.92 bits per heavy atom. The molecule has 7 nitrogen and oxygen atoms in total. The van der Waals surface area contributed by atoms with E-state index in [4.69, 9.17) is 0 Å². The van der Waals surface area contributed by atoms with E-state index >= 15 is 0 Å². The zero-order valence-corrected chi connectivity index (χ0v) is 14.2. The first-order valence-electron chi connectivity index (χ1n) is 7.77. The number of carbonyl (C=O) groups excluding carboxylic acids is 2. The van der Waals surface area contributed by atoms with Gasteiger partial charge in [0.2, 0.25) is 5.91 Å². The van der Waals surface area contributed by atoms with Gasteiger partial charge in [0.1, 0.15) is 11.5 Å². The normalized spacial score (nSPS) is 15.7. The molecule has 1 aromatic carbocycles. The molecule has 8 heteroatoms. The fourth-order valence-electron chi connectivity index (χ4n) is 2.53. The smallest absolute Gasteiger partial charge is 0.268 e. The van der Waals surface area contributed by atoms with Crippen molar-refractivity contribution in [2.75, 3.05) is 12.0 Å². The SMILES string of the molecule is CSCCC(NC(=O)C1=NNC(=O)CC1)c1nc2ccccc2[nH]1. The van der Waals surface area contributed by atoms with Gasteiger partial charge in [-0.15, -0.1) is 0 Å². The van der Waals surface area contributed by atoms with Crippen LogP contribution in [0.25, 0.3) is 11.0 Å². The molecule has 24 heavy (non-hydrogen) atoms. The molecule has 0 aliphatic carbocycles. The van der Waals surface area contributed by atoms with Gasteiger partial charge in [0.25, 0.3) is 5.91 Å². The quantitative estimate of drug-likeness (QED) is 0.742. The second-order valence-electron chi connectivity index (χ2n) is 5.54. The highest BCUT2D eigenvalue weighted by Crippen LogP contribution is 2.20. The first-order chi connectivity index (χ1) is 11.7. The second kappa shape index (κ2) is 7.48. The Morgan fingerprint density at radius 1 is 1.38 bits per heavy atom. The summed E-state index contributed by atoms with van der Waals surface area (Å²) in [4.78, 5) is 31.4. The third-order valence-corrected chi connectivity index (χ3v) is 4.46. The highest BCUT2D eigenvalue weighted by Gasteiger charge is 2.23. The topological polar surface area (TPSA) is 99.2 Å². The number of hydrazone groups is 1. The van der Waals surface area contributed by atoms with E-state index in [1.165, 1.54) is 0 Å². The van der Waals surface area contributed by atoms with Gasteiger partial charge in [-0.3, -0.25) is 9.59 Å². The minimum Gasteiger partial charge on any atom is -0.341 e. The predicted molar refractivity (Wildman–Crippen MR) is 94.8 cm³/mol. The first kappa shape index (κ1) is 16.5. The number of thioether (sulfide) groups is 1. The minimum atomic E-state index is -0.262. The number of nitrogens with zero attached hydrogens (tertiary/aromatic N) is 2. The van der Waals surface area contributed by atoms with E-state index in [-0.39, 0.29) is 24.3 Å². The highest BCUT2D eigenvalue weighted by atomic mass is 32.2. The third kappa shape index (κ3) is 3.76. The molecule has 1 unspecified atom stereocenters. The van der Waals surface area contributed by atoms with E-state index in [1.807, 2.05) is 30.5 Å². The molecule has 0 radical (unpaired) electrons. The van der Waals surface area contributed by atoms with Crippen LogP contribution in [-0.2, 0) is 9.59 Å². The number of imidazole rings is 1. The number of para-hydroxylation sites is 2. The van der Waals surface area contributed by atoms with Gasteiger partial charge in [0.15, 0.2) is 0 Å². The average Bonchev–Trinajstić information content (AvgIpc) is 3.03. The summed E-state index contributed by atoms with van der Waals surface area (Å²) < 4.78 is 0. The van der Waals surface area contributed by atoms with Crippen molar-refractivity contribution < 1.29 is 9.59 Å². The number of aromatic nitrogens is 2. The van der Waals surface area contributed by atoms with Crippen molar-refractivity contribution in [3.8, 4) is 0 Å². The van der Waals surface area contributed by atoms with Gasteiger partial charge in [0.05, 0.1) is 17.1 Å². The third-order valence-electron chi connectivity index (χ3n) is 3.82. The van der Waals surface area contributed by atoms with Gasteiger partial charge in [-0.2, -0.15) is 16.9 Å². The Labute approximate surface area is 143 Å². The zero-order chi connectivity index (χ0) is 16.9. The van der Waals surface area contributed by atoms with Crippen LogP contribution in [0.2, 0.25) is 0 Å². The molecule has 0 spiro atoms. The maximum Gasteiger partial charge on any atom is 0.268 e. The molecular weight excluding hydrogens is 326 g/mol. The summed E-state index contributed by atoms with van der Waals surface area (Å²) in [6, 6.07) is 7.54. The van der Waals surface area contributed by atoms with Gasteiger partial charge in [-0.25, -0.2) is 10.4 Å². The van der Waals surface area contributed by atoms with Crippen LogP contribution in [0.15, 0.2) is 29.4 Å². The maximum atomic E-state index is 12.4. The standard InChI is InChI=1S/C16H19N5O2S/c1-24-9-8-12(15-17-10-4-2-3-5-11(10)18-15)19-16(23)13-6-7-14(22)21-20-13/h2-5,12H,6-9H2,1H3,(H,17,18)(H,19,23)(H,21,22). The highest BCUT2D eigenvalue weighted by molar-refractivity contribution is 7.98. The molecule has 1 atom stereocenters. The van der Waals surface area contributed by atoms with Crippen molar-refractivity contribution in [2.45, 2.75) is 25.3 Å². The number of benzene rings is 1. The molecule has 3 rings (SSSR count). The van der Waals surface area contributed by atoms with E-state index in [1.54, 1.807) is 11.8 Å². The molecule has 2 amide bonds. The van der Waals surface area contributed by atoms with Crippen LogP contribution in [0, 0.1) is 0 Å². The summed E-state index contributed by atoms with van der Waals surface area (Å²) in [6.45, 7) is 0. The van der Waals surface area contributed by atoms with Crippen molar-refractivity contribution >= 4 is 40.3 Å². The lowest BCUT2D eigenvalue weighted by Gasteiger charge is -2.18. The Morgan fingerprint density at radius 2 is 2.21 bits per heavy atom. The van der Waals surface area contributed by atoms with Gasteiger partial charge in [0, 0.05) is 12.8 Å². The molecule has 3 N–H and O–H groups in total. The number of hydrogen-bond acceptors (Lipinski definition) is 5. The first-order valence-corrected chi connectivity index (χ1v) is 9.16. The maximum absolute atomic E-state index is 12.4. The van der Waals surface area contributed by atoms with Gasteiger partial charge < -0.3 is 10.3 Å². The lowest BCUT2D eigenvalue weighted by Crippen LogP contribution is -2.39. The summed E-state index contributed by atoms with van der Waals surface area (Å²) in [5, 5.41) is 6.83. The van der Waals surface area contributed by atoms with Crippen LogP contribution in [0.1, 0.15) is 31.1 Å². The summed E-state index contributed by atoms with van der Waals surface area (Å²) in [6.07, 6.45) is 3.42. The van der Waals surface area contributed by atoms with Gasteiger partial charge in [-0.1, -0.05) is 12.1 Å². The number of amides is 2. The largest absolute Gasteiger partial charge is 0.341 e. The molecule has 126 valence electrons. The zero-order valence-electron chi connectivity index (χ0n) is 13.3. The number of fused-ring (bicyclic) bond motifs is 1. The van der Waals surface area contributed by atoms with Crippen LogP contribution in [0.5, 0.6) is 0 Å². The molecule has 2 heterocycles. The Bertz CT molecular complexity index is 753. The van der Waals surface area contributed by atoms with Crippen molar-refractivity contribution in [3.63, 3.8) is 0 Å². The molecule has 0 fully saturated rings. The second-order valence-corrected chi connectivity index (χ2v) is 6.53. The molecular formula is C16H19N5O2S. The van der Waals surface area contributed by atoms with E-state index in [0.29, 0.717) is 12.1 Å². The minimum absolute atomic E-state index is 0.164. The van der Waals surface area contributed by atoms with Crippen LogP contribution in [0.3, 0.4) is 0 Å². The molecule has 1 aliphatic rings. The van der Waals surface area contributed by atoms with Gasteiger partial charge in [-0.05, 0) is 30.6 Å². The molecule has 0 saturated carbocycles. The summed E-state index contributed by atoms with van der Waals surface area (Å²) in [7, 11) is 0. The molecule has 2 aromatic rings.